The lowest BCUT2D eigenvalue weighted by molar-refractivity contribution is 0.415. The van der Waals surface area contributed by atoms with Crippen LogP contribution in [0.5, 0.6) is 5.75 Å². The van der Waals surface area contributed by atoms with Crippen LogP contribution in [0, 0.1) is 0 Å². The summed E-state index contributed by atoms with van der Waals surface area (Å²) in [7, 11) is 3.57. The van der Waals surface area contributed by atoms with Gasteiger partial charge < -0.3 is 4.74 Å². The molecular weight excluding hydrogens is 232 g/mol. The lowest BCUT2D eigenvalue weighted by atomic mass is 10.2. The van der Waals surface area contributed by atoms with E-state index in [4.69, 9.17) is 4.74 Å². The Balaban J connectivity index is 2.80. The van der Waals surface area contributed by atoms with E-state index in [0.29, 0.717) is 0 Å². The van der Waals surface area contributed by atoms with Crippen molar-refractivity contribution < 1.29 is 4.74 Å². The smallest absolute Gasteiger partial charge is 0.122 e. The molecule has 0 saturated carbocycles. The lowest BCUT2D eigenvalue weighted by Crippen LogP contribution is -1.90. The number of halogens is 1. The number of aryl methyl sites for hydroxylation is 1. The van der Waals surface area contributed by atoms with Crippen LogP contribution in [0.3, 0.4) is 0 Å². The fourth-order valence-corrected chi connectivity index (χ4v) is 1.83. The topological polar surface area (TPSA) is 27.1 Å². The molecule has 0 bridgehead atoms. The van der Waals surface area contributed by atoms with Gasteiger partial charge in [-0.15, -0.1) is 0 Å². The Morgan fingerprint density at radius 3 is 2.92 bits per heavy atom. The minimum absolute atomic E-state index is 0.836. The Hall–Kier alpha value is -1.03. The quantitative estimate of drug-likeness (QED) is 0.766. The molecule has 1 aromatic heterocycles. The molecule has 0 aliphatic carbocycles. The van der Waals surface area contributed by atoms with Gasteiger partial charge in [-0.25, -0.2) is 0 Å². The van der Waals surface area contributed by atoms with E-state index < -0.39 is 0 Å². The summed E-state index contributed by atoms with van der Waals surface area (Å²) in [5.41, 5.74) is 1.06. The molecule has 0 saturated heterocycles. The molecule has 0 radical (unpaired) electrons. The molecule has 1 heterocycles. The van der Waals surface area contributed by atoms with Crippen molar-refractivity contribution in [1.29, 1.82) is 0 Å². The largest absolute Gasteiger partial charge is 0.497 e. The Labute approximate surface area is 84.4 Å². The normalized spacial score (nSPS) is 10.7. The highest BCUT2D eigenvalue weighted by molar-refractivity contribution is 9.10. The first-order valence-electron chi connectivity index (χ1n) is 3.87. The number of nitrogens with zero attached hydrogens (tertiary/aromatic N) is 2. The molecule has 1 aromatic carbocycles. The van der Waals surface area contributed by atoms with Crippen LogP contribution in [0.2, 0.25) is 0 Å². The number of benzene rings is 1. The van der Waals surface area contributed by atoms with E-state index >= 15 is 0 Å². The maximum atomic E-state index is 5.16. The monoisotopic (exact) mass is 240 g/mol. The lowest BCUT2D eigenvalue weighted by Gasteiger charge is -2.02. The second-order valence-electron chi connectivity index (χ2n) is 2.81. The summed E-state index contributed by atoms with van der Waals surface area (Å²) >= 11 is 3.47. The minimum Gasteiger partial charge on any atom is -0.497 e. The van der Waals surface area contributed by atoms with Crippen molar-refractivity contribution in [2.45, 2.75) is 0 Å². The predicted molar refractivity (Wildman–Crippen MR) is 55.0 cm³/mol. The first-order chi connectivity index (χ1) is 6.22. The highest BCUT2D eigenvalue weighted by Crippen LogP contribution is 2.28. The number of aromatic nitrogens is 2. The average molecular weight is 241 g/mol. The van der Waals surface area contributed by atoms with Gasteiger partial charge in [-0.05, 0) is 22.0 Å². The van der Waals surface area contributed by atoms with Gasteiger partial charge in [-0.3, -0.25) is 4.68 Å². The van der Waals surface area contributed by atoms with Crippen LogP contribution in [0.25, 0.3) is 10.9 Å². The van der Waals surface area contributed by atoms with Crippen molar-refractivity contribution >= 4 is 26.8 Å². The molecule has 2 rings (SSSR count). The molecule has 0 aliphatic rings. The van der Waals surface area contributed by atoms with E-state index in [-0.39, 0.29) is 0 Å². The molecule has 3 nitrogen and oxygen atoms in total. The van der Waals surface area contributed by atoms with Crippen LogP contribution in [-0.4, -0.2) is 16.9 Å². The Morgan fingerprint density at radius 1 is 1.46 bits per heavy atom. The van der Waals surface area contributed by atoms with Gasteiger partial charge in [0, 0.05) is 23.0 Å². The zero-order valence-electron chi connectivity index (χ0n) is 7.41. The predicted octanol–water partition coefficient (Wildman–Crippen LogP) is 2.34. The van der Waals surface area contributed by atoms with Gasteiger partial charge in [-0.2, -0.15) is 5.10 Å². The van der Waals surface area contributed by atoms with Gasteiger partial charge in [-0.1, -0.05) is 0 Å². The highest BCUT2D eigenvalue weighted by atomic mass is 79.9. The van der Waals surface area contributed by atoms with Crippen LogP contribution in [0.4, 0.5) is 0 Å². The van der Waals surface area contributed by atoms with Crippen molar-refractivity contribution in [1.82, 2.24) is 9.78 Å². The van der Waals surface area contributed by atoms with E-state index in [1.54, 1.807) is 7.11 Å². The molecule has 0 atom stereocenters. The van der Waals surface area contributed by atoms with Crippen molar-refractivity contribution in [2.24, 2.45) is 7.05 Å². The molecule has 68 valence electrons. The molecule has 0 aliphatic heterocycles. The van der Waals surface area contributed by atoms with E-state index in [1.807, 2.05) is 30.1 Å². The number of hydrogen-bond donors (Lipinski definition) is 0. The number of hydrogen-bond acceptors (Lipinski definition) is 2. The Morgan fingerprint density at radius 2 is 2.23 bits per heavy atom. The summed E-state index contributed by atoms with van der Waals surface area (Å²) in [6, 6.07) is 3.90. The van der Waals surface area contributed by atoms with E-state index in [1.165, 1.54) is 0 Å². The number of methoxy groups -OCH3 is 1. The first-order valence-corrected chi connectivity index (χ1v) is 4.67. The van der Waals surface area contributed by atoms with Gasteiger partial charge in [0.15, 0.2) is 0 Å². The van der Waals surface area contributed by atoms with Crippen LogP contribution < -0.4 is 4.74 Å². The van der Waals surface area contributed by atoms with Crippen molar-refractivity contribution in [3.8, 4) is 5.75 Å². The molecule has 2 aromatic rings. The van der Waals surface area contributed by atoms with E-state index in [9.17, 15) is 0 Å². The summed E-state index contributed by atoms with van der Waals surface area (Å²) in [5, 5.41) is 5.26. The third kappa shape index (κ3) is 1.31. The maximum absolute atomic E-state index is 5.16. The van der Waals surface area contributed by atoms with E-state index in [0.717, 1.165) is 21.1 Å². The highest BCUT2D eigenvalue weighted by Gasteiger charge is 2.05. The summed E-state index contributed by atoms with van der Waals surface area (Å²) in [4.78, 5) is 0. The van der Waals surface area contributed by atoms with Crippen molar-refractivity contribution in [3.05, 3.63) is 22.8 Å². The summed E-state index contributed by atoms with van der Waals surface area (Å²) in [6.45, 7) is 0. The first kappa shape index (κ1) is 8.56. The molecule has 0 unspecified atom stereocenters. The maximum Gasteiger partial charge on any atom is 0.122 e. The zero-order valence-corrected chi connectivity index (χ0v) is 9.00. The minimum atomic E-state index is 0.836. The Kier molecular flexibility index (Phi) is 2.00. The van der Waals surface area contributed by atoms with Crippen LogP contribution in [-0.2, 0) is 7.05 Å². The molecule has 0 N–H and O–H groups in total. The number of fused-ring (bicyclic) bond motifs is 1. The molecular formula is C9H9BrN2O. The second-order valence-corrected chi connectivity index (χ2v) is 3.66. The van der Waals surface area contributed by atoms with E-state index in [2.05, 4.69) is 21.0 Å². The van der Waals surface area contributed by atoms with Crippen molar-refractivity contribution in [3.63, 3.8) is 0 Å². The standard InChI is InChI=1S/C9H9BrN2O/c1-12-9-4-6(13-2)3-8(10)7(9)5-11-12/h3-5H,1-2H3. The average Bonchev–Trinajstić information content (AvgIpc) is 2.48. The Bertz CT molecular complexity index is 450. The van der Waals surface area contributed by atoms with Crippen LogP contribution in [0.15, 0.2) is 22.8 Å². The van der Waals surface area contributed by atoms with Crippen LogP contribution in [0.1, 0.15) is 0 Å². The van der Waals surface area contributed by atoms with Gasteiger partial charge >= 0.3 is 0 Å². The summed E-state index contributed by atoms with van der Waals surface area (Å²) in [5.74, 6) is 0.836. The number of rotatable bonds is 1. The summed E-state index contributed by atoms with van der Waals surface area (Å²) in [6.07, 6.45) is 1.83. The van der Waals surface area contributed by atoms with Crippen LogP contribution >= 0.6 is 15.9 Å². The van der Waals surface area contributed by atoms with Gasteiger partial charge in [0.2, 0.25) is 0 Å². The third-order valence-corrected chi connectivity index (χ3v) is 2.68. The fraction of sp³-hybridized carbons (Fsp3) is 0.222. The molecule has 0 fully saturated rings. The van der Waals surface area contributed by atoms with Gasteiger partial charge in [0.1, 0.15) is 5.75 Å². The zero-order chi connectivity index (χ0) is 9.42. The fourth-order valence-electron chi connectivity index (χ4n) is 1.30. The SMILES string of the molecule is COc1cc(Br)c2cnn(C)c2c1. The van der Waals surface area contributed by atoms with Crippen molar-refractivity contribution in [2.75, 3.05) is 7.11 Å². The third-order valence-electron chi connectivity index (χ3n) is 2.03. The summed E-state index contributed by atoms with van der Waals surface area (Å²) < 4.78 is 7.99. The molecule has 0 amide bonds. The molecule has 0 spiro atoms. The van der Waals surface area contributed by atoms with Gasteiger partial charge in [0.05, 0.1) is 18.8 Å². The van der Waals surface area contributed by atoms with Gasteiger partial charge in [0.25, 0.3) is 0 Å². The molecule has 13 heavy (non-hydrogen) atoms. The number of ether oxygens (including phenoxy) is 1. The second kappa shape index (κ2) is 3.03. The molecule has 4 heteroatoms.